The van der Waals surface area contributed by atoms with Crippen LogP contribution in [0.1, 0.15) is 50.7 Å². The zero-order chi connectivity index (χ0) is 25.2. The summed E-state index contributed by atoms with van der Waals surface area (Å²) in [4.78, 5) is 14.7. The van der Waals surface area contributed by atoms with E-state index in [0.29, 0.717) is 53.0 Å². The van der Waals surface area contributed by atoms with Crippen molar-refractivity contribution < 1.29 is 19.0 Å². The third kappa shape index (κ3) is 7.36. The second kappa shape index (κ2) is 13.4. The number of thioether (sulfide) groups is 1. The molecule has 0 aliphatic carbocycles. The molecule has 5 nitrogen and oxygen atoms in total. The average Bonchev–Trinajstić information content (AvgIpc) is 3.12. The number of hydrogen-bond acceptors (Lipinski definition) is 6. The second-order valence-corrected chi connectivity index (χ2v) is 9.82. The van der Waals surface area contributed by atoms with Crippen LogP contribution in [0.15, 0.2) is 60.0 Å². The Morgan fingerprint density at radius 1 is 1.06 bits per heavy atom. The SMILES string of the molecule is C=CCN1C(=O)C(=Cc2ccc(OCCCOc3ccc(C(C)CC)cc3)c(OCC)c2)SC1=S. The highest BCUT2D eigenvalue weighted by Crippen LogP contribution is 2.35. The van der Waals surface area contributed by atoms with Crippen molar-refractivity contribution in [3.8, 4) is 17.2 Å². The largest absolute Gasteiger partial charge is 0.493 e. The molecule has 0 radical (unpaired) electrons. The van der Waals surface area contributed by atoms with Crippen LogP contribution in [-0.2, 0) is 4.79 Å². The van der Waals surface area contributed by atoms with Gasteiger partial charge in [0.05, 0.1) is 24.7 Å². The molecule has 0 aromatic heterocycles. The maximum atomic E-state index is 12.6. The first kappa shape index (κ1) is 26.8. The lowest BCUT2D eigenvalue weighted by Gasteiger charge is -2.13. The van der Waals surface area contributed by atoms with Gasteiger partial charge in [-0.1, -0.05) is 62.1 Å². The Bertz CT molecular complexity index is 1070. The number of amides is 1. The monoisotopic (exact) mass is 511 g/mol. The molecule has 0 N–H and O–H groups in total. The van der Waals surface area contributed by atoms with Crippen LogP contribution in [0.25, 0.3) is 6.08 Å². The van der Waals surface area contributed by atoms with Crippen LogP contribution in [0.2, 0.25) is 0 Å². The van der Waals surface area contributed by atoms with E-state index < -0.39 is 0 Å². The number of carbonyl (C=O) groups excluding carboxylic acids is 1. The normalized spacial score (nSPS) is 15.4. The summed E-state index contributed by atoms with van der Waals surface area (Å²) in [6.07, 6.45) is 5.36. The fraction of sp³-hybridized carbons (Fsp3) is 0.357. The van der Waals surface area contributed by atoms with Gasteiger partial charge >= 0.3 is 0 Å². The van der Waals surface area contributed by atoms with Crippen LogP contribution in [-0.4, -0.2) is 41.5 Å². The van der Waals surface area contributed by atoms with Gasteiger partial charge in [0.1, 0.15) is 10.1 Å². The van der Waals surface area contributed by atoms with Gasteiger partial charge in [-0.15, -0.1) is 6.58 Å². The van der Waals surface area contributed by atoms with Crippen molar-refractivity contribution in [2.75, 3.05) is 26.4 Å². The van der Waals surface area contributed by atoms with E-state index in [1.54, 1.807) is 11.0 Å². The Balaban J connectivity index is 1.55. The predicted octanol–water partition coefficient (Wildman–Crippen LogP) is 6.83. The molecule has 1 aliphatic heterocycles. The highest BCUT2D eigenvalue weighted by molar-refractivity contribution is 8.26. The quantitative estimate of drug-likeness (QED) is 0.127. The second-order valence-electron chi connectivity index (χ2n) is 8.15. The molecule has 0 bridgehead atoms. The van der Waals surface area contributed by atoms with Gasteiger partial charge < -0.3 is 14.2 Å². The summed E-state index contributed by atoms with van der Waals surface area (Å²) in [5.41, 5.74) is 2.18. The first-order valence-corrected chi connectivity index (χ1v) is 13.2. The van der Waals surface area contributed by atoms with Crippen LogP contribution in [0.3, 0.4) is 0 Å². The number of nitrogens with zero attached hydrogens (tertiary/aromatic N) is 1. The van der Waals surface area contributed by atoms with E-state index in [-0.39, 0.29) is 5.91 Å². The fourth-order valence-corrected chi connectivity index (χ4v) is 4.77. The lowest BCUT2D eigenvalue weighted by atomic mass is 9.99. The van der Waals surface area contributed by atoms with E-state index in [1.165, 1.54) is 17.3 Å². The maximum absolute atomic E-state index is 12.6. The van der Waals surface area contributed by atoms with E-state index in [4.69, 9.17) is 26.4 Å². The number of ether oxygens (including phenoxy) is 3. The van der Waals surface area contributed by atoms with Crippen molar-refractivity contribution >= 4 is 40.3 Å². The lowest BCUT2D eigenvalue weighted by molar-refractivity contribution is -0.121. The smallest absolute Gasteiger partial charge is 0.266 e. The molecule has 7 heteroatoms. The average molecular weight is 512 g/mol. The molecule has 2 aromatic rings. The van der Waals surface area contributed by atoms with Gasteiger partial charge in [0, 0.05) is 13.0 Å². The van der Waals surface area contributed by atoms with Gasteiger partial charge in [0.25, 0.3) is 5.91 Å². The molecule has 3 rings (SSSR count). The maximum Gasteiger partial charge on any atom is 0.266 e. The van der Waals surface area contributed by atoms with E-state index in [0.717, 1.165) is 24.2 Å². The van der Waals surface area contributed by atoms with Crippen molar-refractivity contribution in [1.82, 2.24) is 4.90 Å². The summed E-state index contributed by atoms with van der Waals surface area (Å²) in [6.45, 7) is 12.0. The van der Waals surface area contributed by atoms with Gasteiger partial charge in [0.15, 0.2) is 11.5 Å². The minimum atomic E-state index is -0.104. The molecule has 0 spiro atoms. The van der Waals surface area contributed by atoms with Crippen molar-refractivity contribution in [2.45, 2.75) is 39.5 Å². The molecule has 35 heavy (non-hydrogen) atoms. The van der Waals surface area contributed by atoms with Crippen LogP contribution < -0.4 is 14.2 Å². The zero-order valence-corrected chi connectivity index (χ0v) is 22.3. The zero-order valence-electron chi connectivity index (χ0n) is 20.6. The van der Waals surface area contributed by atoms with E-state index >= 15 is 0 Å². The Morgan fingerprint density at radius 3 is 2.49 bits per heavy atom. The summed E-state index contributed by atoms with van der Waals surface area (Å²) in [5, 5.41) is 0. The summed E-state index contributed by atoms with van der Waals surface area (Å²) in [5.74, 6) is 2.63. The number of benzene rings is 2. The highest BCUT2D eigenvalue weighted by atomic mass is 32.2. The van der Waals surface area contributed by atoms with E-state index in [1.807, 2.05) is 43.3 Å². The third-order valence-corrected chi connectivity index (χ3v) is 7.00. The van der Waals surface area contributed by atoms with E-state index in [2.05, 4.69) is 32.6 Å². The van der Waals surface area contributed by atoms with Crippen LogP contribution >= 0.6 is 24.0 Å². The molecular weight excluding hydrogens is 478 g/mol. The Morgan fingerprint density at radius 2 is 1.80 bits per heavy atom. The van der Waals surface area contributed by atoms with Crippen LogP contribution in [0, 0.1) is 0 Å². The van der Waals surface area contributed by atoms with Crippen molar-refractivity contribution in [1.29, 1.82) is 0 Å². The summed E-state index contributed by atoms with van der Waals surface area (Å²) in [6, 6.07) is 14.0. The van der Waals surface area contributed by atoms with Crippen molar-refractivity contribution in [3.05, 3.63) is 71.2 Å². The van der Waals surface area contributed by atoms with Gasteiger partial charge in [-0.2, -0.15) is 0 Å². The van der Waals surface area contributed by atoms with Gasteiger partial charge in [-0.05, 0) is 60.7 Å². The Kier molecular flexibility index (Phi) is 10.2. The summed E-state index contributed by atoms with van der Waals surface area (Å²) < 4.78 is 18.2. The van der Waals surface area contributed by atoms with Crippen molar-refractivity contribution in [3.63, 3.8) is 0 Å². The number of rotatable bonds is 13. The molecule has 1 amide bonds. The molecule has 2 aromatic carbocycles. The lowest BCUT2D eigenvalue weighted by Crippen LogP contribution is -2.27. The van der Waals surface area contributed by atoms with Gasteiger partial charge in [0.2, 0.25) is 0 Å². The minimum Gasteiger partial charge on any atom is -0.493 e. The molecular formula is C28H33NO4S2. The Hall–Kier alpha value is -2.77. The van der Waals surface area contributed by atoms with Crippen LogP contribution in [0.4, 0.5) is 0 Å². The molecule has 1 atom stereocenters. The molecule has 1 fully saturated rings. The standard InChI is InChI=1S/C28H33NO4S2/c1-5-15-29-27(30)26(35-28(29)34)19-21-9-14-24(25(18-21)31-7-3)33-17-8-16-32-23-12-10-22(11-13-23)20(4)6-2/h5,9-14,18-20H,1,6-8,15-17H2,2-4H3. The minimum absolute atomic E-state index is 0.104. The first-order valence-electron chi connectivity index (χ1n) is 12.0. The number of hydrogen-bond donors (Lipinski definition) is 0. The molecule has 0 saturated carbocycles. The number of carbonyl (C=O) groups is 1. The van der Waals surface area contributed by atoms with E-state index in [9.17, 15) is 4.79 Å². The molecule has 1 unspecified atom stereocenters. The highest BCUT2D eigenvalue weighted by Gasteiger charge is 2.31. The third-order valence-electron chi connectivity index (χ3n) is 5.63. The predicted molar refractivity (Wildman–Crippen MR) is 148 cm³/mol. The molecule has 1 heterocycles. The van der Waals surface area contributed by atoms with Crippen LogP contribution in [0.5, 0.6) is 17.2 Å². The summed E-state index contributed by atoms with van der Waals surface area (Å²) in [7, 11) is 0. The fourth-order valence-electron chi connectivity index (χ4n) is 3.50. The molecule has 1 saturated heterocycles. The van der Waals surface area contributed by atoms with Crippen molar-refractivity contribution in [2.24, 2.45) is 0 Å². The topological polar surface area (TPSA) is 48.0 Å². The number of thiocarbonyl (C=S) groups is 1. The molecule has 1 aliphatic rings. The van der Waals surface area contributed by atoms with Gasteiger partial charge in [-0.3, -0.25) is 9.69 Å². The first-order chi connectivity index (χ1) is 17.0. The summed E-state index contributed by atoms with van der Waals surface area (Å²) >= 11 is 6.61. The van der Waals surface area contributed by atoms with Gasteiger partial charge in [-0.25, -0.2) is 0 Å². The molecule has 186 valence electrons. The Labute approximate surface area is 218 Å².